The molecular weight excluding hydrogens is 188 g/mol. The van der Waals surface area contributed by atoms with E-state index in [1.54, 1.807) is 0 Å². The molecule has 0 saturated carbocycles. The van der Waals surface area contributed by atoms with Crippen molar-refractivity contribution in [2.75, 3.05) is 19.6 Å². The summed E-state index contributed by atoms with van der Waals surface area (Å²) in [6.45, 7) is 7.41. The number of carbonyl (C=O) groups is 1. The lowest BCUT2D eigenvalue weighted by Gasteiger charge is -2.32. The first-order valence-corrected chi connectivity index (χ1v) is 6.27. The fourth-order valence-electron chi connectivity index (χ4n) is 3.25. The van der Waals surface area contributed by atoms with Crippen molar-refractivity contribution in [2.45, 2.75) is 45.2 Å². The molecule has 0 aromatic carbocycles. The second-order valence-electron chi connectivity index (χ2n) is 4.72. The van der Waals surface area contributed by atoms with Gasteiger partial charge in [0.15, 0.2) is 0 Å². The van der Waals surface area contributed by atoms with Crippen molar-refractivity contribution in [3.05, 3.63) is 0 Å². The van der Waals surface area contributed by atoms with Gasteiger partial charge < -0.3 is 5.32 Å². The third-order valence-electron chi connectivity index (χ3n) is 4.01. The van der Waals surface area contributed by atoms with Crippen LogP contribution in [0.3, 0.4) is 0 Å². The average Bonchev–Trinajstić information content (AvgIpc) is 2.66. The van der Waals surface area contributed by atoms with Gasteiger partial charge in [-0.05, 0) is 38.4 Å². The normalized spacial score (nSPS) is 36.5. The van der Waals surface area contributed by atoms with E-state index in [0.29, 0.717) is 24.2 Å². The quantitative estimate of drug-likeness (QED) is 0.755. The molecule has 86 valence electrons. The van der Waals surface area contributed by atoms with E-state index in [2.05, 4.69) is 17.1 Å². The number of hydrogen-bond acceptors (Lipinski definition) is 3. The van der Waals surface area contributed by atoms with Crippen LogP contribution < -0.4 is 5.32 Å². The molecule has 2 heterocycles. The predicted molar refractivity (Wildman–Crippen MR) is 60.8 cm³/mol. The zero-order valence-electron chi connectivity index (χ0n) is 9.83. The third kappa shape index (κ3) is 1.95. The number of ketones is 1. The molecule has 3 unspecified atom stereocenters. The number of fused-ring (bicyclic) bond motifs is 1. The van der Waals surface area contributed by atoms with Gasteiger partial charge in [-0.15, -0.1) is 0 Å². The van der Waals surface area contributed by atoms with Gasteiger partial charge in [0.2, 0.25) is 0 Å². The lowest BCUT2D eigenvalue weighted by atomic mass is 9.93. The molecule has 0 bridgehead atoms. The van der Waals surface area contributed by atoms with Gasteiger partial charge in [-0.1, -0.05) is 13.8 Å². The fourth-order valence-corrected chi connectivity index (χ4v) is 3.25. The first kappa shape index (κ1) is 11.1. The van der Waals surface area contributed by atoms with E-state index < -0.39 is 0 Å². The number of likely N-dealkylation sites (N-methyl/N-ethyl adjacent to an activating group) is 1. The molecule has 1 N–H and O–H groups in total. The minimum absolute atomic E-state index is 0.217. The highest BCUT2D eigenvalue weighted by atomic mass is 16.1. The topological polar surface area (TPSA) is 32.3 Å². The fraction of sp³-hybridized carbons (Fsp3) is 0.917. The SMILES string of the molecule is CCC(=O)C1CC2CNCCC2N1CC. The second-order valence-corrected chi connectivity index (χ2v) is 4.72. The zero-order chi connectivity index (χ0) is 10.8. The molecule has 0 amide bonds. The van der Waals surface area contributed by atoms with Crippen molar-refractivity contribution < 1.29 is 4.79 Å². The molecule has 15 heavy (non-hydrogen) atoms. The van der Waals surface area contributed by atoms with Crippen LogP contribution in [-0.2, 0) is 4.79 Å². The van der Waals surface area contributed by atoms with E-state index in [1.807, 2.05) is 6.92 Å². The summed E-state index contributed by atoms with van der Waals surface area (Å²) in [5, 5.41) is 3.44. The average molecular weight is 210 g/mol. The number of nitrogens with one attached hydrogen (secondary N) is 1. The summed E-state index contributed by atoms with van der Waals surface area (Å²) in [4.78, 5) is 14.3. The smallest absolute Gasteiger partial charge is 0.149 e. The summed E-state index contributed by atoms with van der Waals surface area (Å²) in [5.41, 5.74) is 0. The van der Waals surface area contributed by atoms with Crippen LogP contribution in [0.25, 0.3) is 0 Å². The minimum Gasteiger partial charge on any atom is -0.316 e. The van der Waals surface area contributed by atoms with Crippen molar-refractivity contribution in [3.63, 3.8) is 0 Å². The van der Waals surface area contributed by atoms with Gasteiger partial charge in [0.05, 0.1) is 6.04 Å². The Bertz CT molecular complexity index is 242. The van der Waals surface area contributed by atoms with Gasteiger partial charge in [-0.2, -0.15) is 0 Å². The first-order valence-electron chi connectivity index (χ1n) is 6.27. The van der Waals surface area contributed by atoms with E-state index in [0.717, 1.165) is 26.1 Å². The number of hydrogen-bond donors (Lipinski definition) is 1. The summed E-state index contributed by atoms with van der Waals surface area (Å²) >= 11 is 0. The largest absolute Gasteiger partial charge is 0.316 e. The van der Waals surface area contributed by atoms with Crippen LogP contribution in [0.1, 0.15) is 33.1 Å². The van der Waals surface area contributed by atoms with Crippen LogP contribution >= 0.6 is 0 Å². The maximum Gasteiger partial charge on any atom is 0.149 e. The van der Waals surface area contributed by atoms with Gasteiger partial charge >= 0.3 is 0 Å². The molecule has 0 radical (unpaired) electrons. The van der Waals surface area contributed by atoms with E-state index >= 15 is 0 Å². The Kier molecular flexibility index (Phi) is 3.42. The molecule has 0 aromatic rings. The third-order valence-corrected chi connectivity index (χ3v) is 4.01. The molecule has 3 atom stereocenters. The molecule has 2 aliphatic rings. The summed E-state index contributed by atoms with van der Waals surface area (Å²) in [5.74, 6) is 1.14. The lowest BCUT2D eigenvalue weighted by Crippen LogP contribution is -2.46. The summed E-state index contributed by atoms with van der Waals surface area (Å²) in [7, 11) is 0. The van der Waals surface area contributed by atoms with Crippen LogP contribution in [0.5, 0.6) is 0 Å². The molecule has 0 spiro atoms. The molecule has 0 aliphatic carbocycles. The van der Waals surface area contributed by atoms with Gasteiger partial charge in [-0.3, -0.25) is 9.69 Å². The maximum absolute atomic E-state index is 11.9. The Morgan fingerprint density at radius 2 is 2.27 bits per heavy atom. The van der Waals surface area contributed by atoms with Crippen molar-refractivity contribution in [1.29, 1.82) is 0 Å². The molecule has 0 aromatic heterocycles. The van der Waals surface area contributed by atoms with Gasteiger partial charge in [0, 0.05) is 12.5 Å². The zero-order valence-corrected chi connectivity index (χ0v) is 9.83. The molecule has 3 heteroatoms. The number of Topliss-reactive ketones (excluding diaryl/α,β-unsaturated/α-hetero) is 1. The molecule has 2 aliphatic heterocycles. The van der Waals surface area contributed by atoms with Crippen LogP contribution in [0.4, 0.5) is 0 Å². The minimum atomic E-state index is 0.217. The van der Waals surface area contributed by atoms with Crippen molar-refractivity contribution in [3.8, 4) is 0 Å². The van der Waals surface area contributed by atoms with Crippen molar-refractivity contribution >= 4 is 5.78 Å². The summed E-state index contributed by atoms with van der Waals surface area (Å²) < 4.78 is 0. The van der Waals surface area contributed by atoms with E-state index in [4.69, 9.17) is 0 Å². The highest BCUT2D eigenvalue weighted by Crippen LogP contribution is 2.33. The Morgan fingerprint density at radius 1 is 1.47 bits per heavy atom. The lowest BCUT2D eigenvalue weighted by molar-refractivity contribution is -0.123. The monoisotopic (exact) mass is 210 g/mol. The summed E-state index contributed by atoms with van der Waals surface area (Å²) in [6.07, 6.45) is 2.98. The van der Waals surface area contributed by atoms with Gasteiger partial charge in [0.1, 0.15) is 5.78 Å². The molecule has 3 nitrogen and oxygen atoms in total. The van der Waals surface area contributed by atoms with Crippen LogP contribution in [-0.4, -0.2) is 42.4 Å². The number of rotatable bonds is 3. The van der Waals surface area contributed by atoms with Crippen LogP contribution in [0, 0.1) is 5.92 Å². The standard InChI is InChI=1S/C12H22N2O/c1-3-12(15)11-7-9-8-13-6-5-10(9)14(11)4-2/h9-11,13H,3-8H2,1-2H3. The maximum atomic E-state index is 11.9. The Balaban J connectivity index is 2.10. The van der Waals surface area contributed by atoms with E-state index in [1.165, 1.54) is 6.42 Å². The number of likely N-dealkylation sites (tertiary alicyclic amines) is 1. The number of piperidine rings is 1. The molecular formula is C12H22N2O. The second kappa shape index (κ2) is 4.62. The van der Waals surface area contributed by atoms with E-state index in [9.17, 15) is 4.79 Å². The van der Waals surface area contributed by atoms with Gasteiger partial charge in [-0.25, -0.2) is 0 Å². The highest BCUT2D eigenvalue weighted by molar-refractivity contribution is 5.84. The van der Waals surface area contributed by atoms with Crippen molar-refractivity contribution in [1.82, 2.24) is 10.2 Å². The first-order chi connectivity index (χ1) is 7.27. The predicted octanol–water partition coefficient (Wildman–Crippen LogP) is 1.04. The van der Waals surface area contributed by atoms with E-state index in [-0.39, 0.29) is 6.04 Å². The van der Waals surface area contributed by atoms with Gasteiger partial charge in [0.25, 0.3) is 0 Å². The number of nitrogens with zero attached hydrogens (tertiary/aromatic N) is 1. The van der Waals surface area contributed by atoms with Crippen LogP contribution in [0.2, 0.25) is 0 Å². The van der Waals surface area contributed by atoms with Crippen LogP contribution in [0.15, 0.2) is 0 Å². The Morgan fingerprint density at radius 3 is 2.93 bits per heavy atom. The van der Waals surface area contributed by atoms with Crippen molar-refractivity contribution in [2.24, 2.45) is 5.92 Å². The molecule has 2 fully saturated rings. The number of carbonyl (C=O) groups excluding carboxylic acids is 1. The molecule has 2 rings (SSSR count). The Hall–Kier alpha value is -0.410. The summed E-state index contributed by atoms with van der Waals surface area (Å²) in [6, 6.07) is 0.881. The Labute approximate surface area is 92.2 Å². The molecule has 2 saturated heterocycles. The highest BCUT2D eigenvalue weighted by Gasteiger charge is 2.43.